The van der Waals surface area contributed by atoms with Crippen LogP contribution in [0.1, 0.15) is 19.3 Å². The number of amides is 1. The molecule has 1 aromatic carbocycles. The minimum Gasteiger partial charge on any atom is -0.435 e. The van der Waals surface area contributed by atoms with Gasteiger partial charge in [0.25, 0.3) is 0 Å². The predicted octanol–water partition coefficient (Wildman–Crippen LogP) is 2.71. The highest BCUT2D eigenvalue weighted by Gasteiger charge is 2.25. The second-order valence-corrected chi connectivity index (χ2v) is 4.88. The Bertz CT molecular complexity index is 451. The molecule has 1 aromatic rings. The van der Waals surface area contributed by atoms with Crippen LogP contribution in [0, 0.1) is 0 Å². The average Bonchev–Trinajstić information content (AvgIpc) is 2.41. The molecule has 1 aliphatic heterocycles. The van der Waals surface area contributed by atoms with E-state index < -0.39 is 6.61 Å². The molecule has 110 valence electrons. The molecule has 6 heteroatoms. The summed E-state index contributed by atoms with van der Waals surface area (Å²) in [7, 11) is 1.93. The molecular weight excluding hydrogens is 266 g/mol. The number of anilines is 1. The zero-order chi connectivity index (χ0) is 14.5. The molecule has 2 rings (SSSR count). The molecule has 0 aromatic heterocycles. The predicted molar refractivity (Wildman–Crippen MR) is 72.0 cm³/mol. The second-order valence-electron chi connectivity index (χ2n) is 4.88. The first-order valence-electron chi connectivity index (χ1n) is 6.62. The van der Waals surface area contributed by atoms with Gasteiger partial charge in [0.1, 0.15) is 5.75 Å². The van der Waals surface area contributed by atoms with Gasteiger partial charge in [0.05, 0.1) is 6.04 Å². The number of rotatable bonds is 4. The highest BCUT2D eigenvalue weighted by molar-refractivity contribution is 5.94. The van der Waals surface area contributed by atoms with Crippen molar-refractivity contribution in [3.8, 4) is 5.75 Å². The number of alkyl halides is 2. The van der Waals surface area contributed by atoms with Crippen molar-refractivity contribution >= 4 is 11.6 Å². The van der Waals surface area contributed by atoms with E-state index in [9.17, 15) is 13.6 Å². The summed E-state index contributed by atoms with van der Waals surface area (Å²) < 4.78 is 28.3. The Labute approximate surface area is 116 Å². The molecule has 20 heavy (non-hydrogen) atoms. The molecule has 1 atom stereocenters. The highest BCUT2D eigenvalue weighted by Crippen LogP contribution is 2.20. The van der Waals surface area contributed by atoms with Gasteiger partial charge < -0.3 is 10.1 Å². The van der Waals surface area contributed by atoms with E-state index in [1.165, 1.54) is 12.1 Å². The Hall–Kier alpha value is -1.69. The number of carbonyl (C=O) groups is 1. The van der Waals surface area contributed by atoms with Crippen LogP contribution < -0.4 is 10.1 Å². The monoisotopic (exact) mass is 284 g/mol. The number of likely N-dealkylation sites (N-methyl/N-ethyl adjacent to an activating group) is 1. The lowest BCUT2D eigenvalue weighted by molar-refractivity contribution is -0.121. The molecule has 1 N–H and O–H groups in total. The van der Waals surface area contributed by atoms with Crippen molar-refractivity contribution in [2.75, 3.05) is 18.9 Å². The summed E-state index contributed by atoms with van der Waals surface area (Å²) >= 11 is 0. The van der Waals surface area contributed by atoms with Gasteiger partial charge >= 0.3 is 6.61 Å². The van der Waals surface area contributed by atoms with Crippen LogP contribution in [0.2, 0.25) is 0 Å². The van der Waals surface area contributed by atoms with Crippen molar-refractivity contribution in [1.82, 2.24) is 4.90 Å². The number of hydrogen-bond acceptors (Lipinski definition) is 3. The molecule has 0 bridgehead atoms. The summed E-state index contributed by atoms with van der Waals surface area (Å²) in [5.74, 6) is 0.0162. The Kier molecular flexibility index (Phi) is 4.89. The molecule has 1 fully saturated rings. The molecule has 1 amide bonds. The molecule has 0 saturated carbocycles. The van der Waals surface area contributed by atoms with Gasteiger partial charge in [-0.1, -0.05) is 6.42 Å². The third kappa shape index (κ3) is 3.90. The summed E-state index contributed by atoms with van der Waals surface area (Å²) in [6, 6.07) is 5.80. The van der Waals surface area contributed by atoms with Crippen LogP contribution in [0.25, 0.3) is 0 Å². The van der Waals surface area contributed by atoms with Crippen LogP contribution in [-0.2, 0) is 4.79 Å². The second kappa shape index (κ2) is 6.65. The van der Waals surface area contributed by atoms with Crippen LogP contribution in [-0.4, -0.2) is 37.1 Å². The Morgan fingerprint density at radius 2 is 2.05 bits per heavy atom. The lowest BCUT2D eigenvalue weighted by Gasteiger charge is -2.31. The summed E-state index contributed by atoms with van der Waals surface area (Å²) in [5, 5.41) is 2.80. The lowest BCUT2D eigenvalue weighted by atomic mass is 10.0. The topological polar surface area (TPSA) is 41.6 Å². The van der Waals surface area contributed by atoms with Gasteiger partial charge in [-0.05, 0) is 50.7 Å². The number of nitrogens with zero attached hydrogens (tertiary/aromatic N) is 1. The van der Waals surface area contributed by atoms with Crippen LogP contribution in [0.4, 0.5) is 14.5 Å². The number of carbonyl (C=O) groups excluding carboxylic acids is 1. The smallest absolute Gasteiger partial charge is 0.387 e. The fourth-order valence-electron chi connectivity index (χ4n) is 2.35. The Morgan fingerprint density at radius 1 is 1.35 bits per heavy atom. The fraction of sp³-hybridized carbons (Fsp3) is 0.500. The fourth-order valence-corrected chi connectivity index (χ4v) is 2.35. The standard InChI is InChI=1S/C14H18F2N2O2/c1-18-9-3-2-4-12(18)13(19)17-10-5-7-11(8-6-10)20-14(15)16/h5-8,12,14H,2-4,9H2,1H3,(H,17,19). The van der Waals surface area contributed by atoms with Crippen LogP contribution in [0.15, 0.2) is 24.3 Å². The molecule has 1 saturated heterocycles. The maximum atomic E-state index is 12.1. The third-order valence-corrected chi connectivity index (χ3v) is 3.42. The van der Waals surface area contributed by atoms with Crippen molar-refractivity contribution in [1.29, 1.82) is 0 Å². The normalized spacial score (nSPS) is 19.9. The molecule has 1 heterocycles. The number of halogens is 2. The number of likely N-dealkylation sites (tertiary alicyclic amines) is 1. The zero-order valence-electron chi connectivity index (χ0n) is 11.3. The Morgan fingerprint density at radius 3 is 2.65 bits per heavy atom. The third-order valence-electron chi connectivity index (χ3n) is 3.42. The minimum absolute atomic E-state index is 0.0604. The van der Waals surface area contributed by atoms with Gasteiger partial charge in [0.15, 0.2) is 0 Å². The summed E-state index contributed by atoms with van der Waals surface area (Å²) in [6.45, 7) is -1.93. The maximum Gasteiger partial charge on any atom is 0.387 e. The van der Waals surface area contributed by atoms with Crippen LogP contribution in [0.5, 0.6) is 5.75 Å². The van der Waals surface area contributed by atoms with Gasteiger partial charge in [-0.3, -0.25) is 9.69 Å². The molecule has 0 aliphatic carbocycles. The van der Waals surface area contributed by atoms with Gasteiger partial charge in [0.2, 0.25) is 5.91 Å². The van der Waals surface area contributed by atoms with E-state index in [-0.39, 0.29) is 17.7 Å². The number of piperidine rings is 1. The van der Waals surface area contributed by atoms with Crippen molar-refractivity contribution in [3.05, 3.63) is 24.3 Å². The molecule has 4 nitrogen and oxygen atoms in total. The van der Waals surface area contributed by atoms with Gasteiger partial charge in [-0.25, -0.2) is 0 Å². The van der Waals surface area contributed by atoms with Crippen LogP contribution >= 0.6 is 0 Å². The first-order valence-corrected chi connectivity index (χ1v) is 6.62. The highest BCUT2D eigenvalue weighted by atomic mass is 19.3. The molecule has 1 unspecified atom stereocenters. The maximum absolute atomic E-state index is 12.1. The van der Waals surface area contributed by atoms with E-state index >= 15 is 0 Å². The molecular formula is C14H18F2N2O2. The average molecular weight is 284 g/mol. The van der Waals surface area contributed by atoms with E-state index in [4.69, 9.17) is 0 Å². The van der Waals surface area contributed by atoms with Crippen molar-refractivity contribution in [3.63, 3.8) is 0 Å². The minimum atomic E-state index is -2.84. The first-order chi connectivity index (χ1) is 9.56. The first kappa shape index (κ1) is 14.7. The van der Waals surface area contributed by atoms with E-state index in [2.05, 4.69) is 10.1 Å². The Balaban J connectivity index is 1.93. The largest absolute Gasteiger partial charge is 0.435 e. The van der Waals surface area contributed by atoms with E-state index in [0.29, 0.717) is 5.69 Å². The SMILES string of the molecule is CN1CCCCC1C(=O)Nc1ccc(OC(F)F)cc1. The van der Waals surface area contributed by atoms with E-state index in [0.717, 1.165) is 25.8 Å². The van der Waals surface area contributed by atoms with E-state index in [1.54, 1.807) is 12.1 Å². The van der Waals surface area contributed by atoms with Crippen molar-refractivity contribution < 1.29 is 18.3 Å². The zero-order valence-corrected chi connectivity index (χ0v) is 11.3. The summed E-state index contributed by atoms with van der Waals surface area (Å²) in [6.07, 6.45) is 3.00. The number of benzene rings is 1. The summed E-state index contributed by atoms with van der Waals surface area (Å²) in [4.78, 5) is 14.2. The van der Waals surface area contributed by atoms with Crippen molar-refractivity contribution in [2.24, 2.45) is 0 Å². The van der Waals surface area contributed by atoms with E-state index in [1.807, 2.05) is 11.9 Å². The van der Waals surface area contributed by atoms with Crippen molar-refractivity contribution in [2.45, 2.75) is 31.9 Å². The molecule has 0 radical (unpaired) electrons. The lowest BCUT2D eigenvalue weighted by Crippen LogP contribution is -2.44. The quantitative estimate of drug-likeness (QED) is 0.924. The molecule has 1 aliphatic rings. The number of hydrogen-bond donors (Lipinski definition) is 1. The van der Waals surface area contributed by atoms with Crippen LogP contribution in [0.3, 0.4) is 0 Å². The van der Waals surface area contributed by atoms with Gasteiger partial charge in [0, 0.05) is 5.69 Å². The number of nitrogens with one attached hydrogen (secondary N) is 1. The number of ether oxygens (including phenoxy) is 1. The van der Waals surface area contributed by atoms with Gasteiger partial charge in [-0.15, -0.1) is 0 Å². The molecule has 0 spiro atoms. The van der Waals surface area contributed by atoms with Gasteiger partial charge in [-0.2, -0.15) is 8.78 Å². The summed E-state index contributed by atoms with van der Waals surface area (Å²) in [5.41, 5.74) is 0.579.